The van der Waals surface area contributed by atoms with E-state index in [9.17, 15) is 52.4 Å². The fourth-order valence-corrected chi connectivity index (χ4v) is 8.84. The molecular formula is C27H30N8Na2O12S4. The Morgan fingerprint density at radius 1 is 0.943 bits per heavy atom. The Morgan fingerprint density at radius 3 is 2.09 bits per heavy atom. The van der Waals surface area contributed by atoms with Crippen molar-refractivity contribution in [3.05, 3.63) is 68.1 Å². The molecular weight excluding hydrogens is 803 g/mol. The van der Waals surface area contributed by atoms with Crippen LogP contribution < -0.4 is 85.9 Å². The molecule has 1 unspecified atom stereocenters. The third-order valence-corrected chi connectivity index (χ3v) is 10.6. The van der Waals surface area contributed by atoms with E-state index in [1.165, 1.54) is 18.2 Å². The van der Waals surface area contributed by atoms with Gasteiger partial charge in [-0.05, 0) is 30.3 Å². The topological polar surface area (TPSA) is 299 Å². The van der Waals surface area contributed by atoms with Crippen molar-refractivity contribution in [3.63, 3.8) is 0 Å². The zero-order valence-corrected chi connectivity index (χ0v) is 36.4. The maximum absolute atomic E-state index is 12.6. The molecule has 1 atom stereocenters. The van der Waals surface area contributed by atoms with Crippen LogP contribution in [0.1, 0.15) is 46.2 Å². The number of hydrogen-bond acceptors (Lipinski definition) is 15. The third kappa shape index (κ3) is 11.5. The fourth-order valence-electron chi connectivity index (χ4n) is 5.88. The van der Waals surface area contributed by atoms with Gasteiger partial charge >= 0.3 is 59.1 Å². The van der Waals surface area contributed by atoms with Gasteiger partial charge in [0.2, 0.25) is 11.8 Å². The fraction of sp³-hybridized carbons (Fsp3) is 0.370. The largest absolute Gasteiger partial charge is 1.00 e. The molecule has 1 aromatic heterocycles. The molecule has 4 aliphatic rings. The summed E-state index contributed by atoms with van der Waals surface area (Å²) in [6, 6.07) is 0. The molecule has 0 bridgehead atoms. The third-order valence-electron chi connectivity index (χ3n) is 7.40. The van der Waals surface area contributed by atoms with Gasteiger partial charge in [-0.3, -0.25) is 15.0 Å². The predicted molar refractivity (Wildman–Crippen MR) is 176 cm³/mol. The summed E-state index contributed by atoms with van der Waals surface area (Å²) in [7, 11) is -18.5. The summed E-state index contributed by atoms with van der Waals surface area (Å²) in [4.78, 5) is 23.6. The SMILES string of the molecule is CC(=O)NC1=CS(=O)(=O)N=C2C(C=CC3=CC(C=c4c(CS(=O)(=O)[O-])nn5c4=NS(=O)(=O)C=C5NC(C)=O)CC(C)(C)C3)=C(CS(=O)(=O)[O-])NN12.[Na+].[Na+]. The minimum Gasteiger partial charge on any atom is -0.748 e. The molecule has 0 spiro atoms. The molecule has 20 nitrogen and oxygen atoms in total. The normalized spacial score (nSPS) is 21.7. The van der Waals surface area contributed by atoms with E-state index in [4.69, 9.17) is 0 Å². The molecule has 0 saturated carbocycles. The van der Waals surface area contributed by atoms with Gasteiger partial charge in [-0.2, -0.15) is 26.6 Å². The van der Waals surface area contributed by atoms with Gasteiger partial charge in [0.15, 0.2) is 11.3 Å². The Labute approximate surface area is 349 Å². The van der Waals surface area contributed by atoms with Crippen LogP contribution in [-0.2, 0) is 55.6 Å². The Hall–Kier alpha value is -2.49. The molecule has 0 aromatic carbocycles. The second-order valence-electron chi connectivity index (χ2n) is 12.7. The average molecular weight is 833 g/mol. The van der Waals surface area contributed by atoms with Gasteiger partial charge < -0.3 is 19.7 Å². The van der Waals surface area contributed by atoms with E-state index < -0.39 is 74.9 Å². The standard InChI is InChI=1S/C27H32N8O12S4.2Na/c1-15(36)28-23-13-48(38,39)32-25-19(21(30-34(23)25)11-50(42,43)44)6-5-17-7-18(10-27(3,4)9-17)8-20-22(12-51(45,46)47)31-35-24(29-16(2)37)14-49(40,41)33-26(20)35;;/h5-8,13-14,18,30H,9-12H2,1-4H3,(H,28,36)(H,29,37)(H,42,43,44)(H,45,46,47);;/q;2*+1/p-2. The average Bonchev–Trinajstić information content (AvgIpc) is 3.39. The van der Waals surface area contributed by atoms with Crippen LogP contribution in [0.25, 0.3) is 11.9 Å². The first-order valence-electron chi connectivity index (χ1n) is 14.6. The van der Waals surface area contributed by atoms with Crippen LogP contribution in [0.2, 0.25) is 0 Å². The van der Waals surface area contributed by atoms with Crippen molar-refractivity contribution in [2.45, 2.75) is 46.3 Å². The summed E-state index contributed by atoms with van der Waals surface area (Å²) >= 11 is 0. The molecule has 276 valence electrons. The van der Waals surface area contributed by atoms with E-state index in [-0.39, 0.29) is 104 Å². The van der Waals surface area contributed by atoms with Crippen LogP contribution >= 0.6 is 0 Å². The van der Waals surface area contributed by atoms with Crippen molar-refractivity contribution in [3.8, 4) is 0 Å². The number of nitrogens with one attached hydrogen (secondary N) is 3. The number of rotatable bonds is 9. The predicted octanol–water partition coefficient (Wildman–Crippen LogP) is -8.21. The summed E-state index contributed by atoms with van der Waals surface area (Å²) in [5.41, 5.74) is 1.73. The Balaban J connectivity index is 0.00000378. The van der Waals surface area contributed by atoms with E-state index in [2.05, 4.69) is 30.0 Å². The Morgan fingerprint density at radius 2 is 1.51 bits per heavy atom. The van der Waals surface area contributed by atoms with Gasteiger partial charge in [0, 0.05) is 24.6 Å². The molecule has 3 aliphatic heterocycles. The van der Waals surface area contributed by atoms with Crippen LogP contribution in [0, 0.1) is 11.3 Å². The number of carbonyl (C=O) groups is 2. The number of amidine groups is 1. The smallest absolute Gasteiger partial charge is 0.748 e. The van der Waals surface area contributed by atoms with E-state index in [1.54, 1.807) is 6.08 Å². The number of hydrogen-bond donors (Lipinski definition) is 3. The second kappa shape index (κ2) is 15.9. The van der Waals surface area contributed by atoms with Gasteiger partial charge in [0.1, 0.15) is 31.9 Å². The first-order chi connectivity index (χ1) is 23.3. The molecule has 0 fully saturated rings. The number of carbonyl (C=O) groups excluding carboxylic acids is 2. The first-order valence-corrected chi connectivity index (χ1v) is 20.8. The number of nitrogens with zero attached hydrogens (tertiary/aromatic N) is 5. The summed E-state index contributed by atoms with van der Waals surface area (Å²) in [6.45, 7) is 6.02. The molecule has 0 radical (unpaired) electrons. The summed E-state index contributed by atoms with van der Waals surface area (Å²) in [5.74, 6) is -5.08. The van der Waals surface area contributed by atoms with Crippen LogP contribution in [-0.4, -0.2) is 81.0 Å². The number of hydrazine groups is 1. The van der Waals surface area contributed by atoms with Crippen molar-refractivity contribution in [2.24, 2.45) is 20.1 Å². The monoisotopic (exact) mass is 832 g/mol. The van der Waals surface area contributed by atoms with Gasteiger partial charge in [0.25, 0.3) is 20.0 Å². The number of sulfonamides is 2. The minimum atomic E-state index is -4.94. The first kappa shape index (κ1) is 44.9. The van der Waals surface area contributed by atoms with Crippen LogP contribution in [0.15, 0.2) is 60.5 Å². The van der Waals surface area contributed by atoms with Crippen molar-refractivity contribution in [1.82, 2.24) is 30.8 Å². The molecule has 3 N–H and O–H groups in total. The number of allylic oxidation sites excluding steroid dienone is 3. The Kier molecular flexibility index (Phi) is 13.5. The van der Waals surface area contributed by atoms with E-state index in [1.807, 2.05) is 13.8 Å². The molecule has 2 amide bonds. The van der Waals surface area contributed by atoms with Crippen molar-refractivity contribution >= 4 is 69.8 Å². The van der Waals surface area contributed by atoms with Crippen molar-refractivity contribution < 1.29 is 111 Å². The second-order valence-corrected chi connectivity index (χ2v) is 18.4. The van der Waals surface area contributed by atoms with E-state index in [0.29, 0.717) is 29.2 Å². The molecule has 1 aromatic rings. The zero-order chi connectivity index (χ0) is 37.9. The van der Waals surface area contributed by atoms with Crippen molar-refractivity contribution in [1.29, 1.82) is 0 Å². The van der Waals surface area contributed by atoms with Gasteiger partial charge in [-0.1, -0.05) is 37.6 Å². The van der Waals surface area contributed by atoms with Crippen LogP contribution in [0.3, 0.4) is 0 Å². The van der Waals surface area contributed by atoms with Crippen LogP contribution in [0.4, 0.5) is 0 Å². The molecule has 26 heteroatoms. The summed E-state index contributed by atoms with van der Waals surface area (Å²) in [5, 5.41) is 10.9. The number of amides is 2. The van der Waals surface area contributed by atoms with Gasteiger partial charge in [0.05, 0.1) is 33.7 Å². The maximum atomic E-state index is 12.6. The van der Waals surface area contributed by atoms with Gasteiger partial charge in [-0.25, -0.2) is 21.8 Å². The number of fused-ring (bicyclic) bond motifs is 2. The quantitative estimate of drug-likeness (QED) is 0.154. The van der Waals surface area contributed by atoms with Crippen molar-refractivity contribution in [2.75, 3.05) is 5.75 Å². The zero-order valence-electron chi connectivity index (χ0n) is 29.1. The molecule has 0 saturated heterocycles. The molecule has 1 aliphatic carbocycles. The molecule has 53 heavy (non-hydrogen) atoms. The molecule has 4 heterocycles. The number of aromatic nitrogens is 2. The minimum absolute atomic E-state index is 0. The Bertz CT molecular complexity index is 2540. The van der Waals surface area contributed by atoms with E-state index >= 15 is 0 Å². The molecule has 5 rings (SSSR count). The summed E-state index contributed by atoms with van der Waals surface area (Å²) < 4.78 is 130. The van der Waals surface area contributed by atoms with Crippen LogP contribution in [0.5, 0.6) is 0 Å². The van der Waals surface area contributed by atoms with E-state index in [0.717, 1.165) is 23.5 Å². The summed E-state index contributed by atoms with van der Waals surface area (Å²) in [6.07, 6.45) is 6.88. The van der Waals surface area contributed by atoms with Gasteiger partial charge in [-0.15, -0.1) is 8.80 Å². The maximum Gasteiger partial charge on any atom is 1.00 e.